The Kier molecular flexibility index (Phi) is 6.94. The molecule has 0 amide bonds. The number of aliphatic hydroxyl groups excluding tert-OH is 1. The maximum atomic E-state index is 9.17. The van der Waals surface area contributed by atoms with Crippen molar-refractivity contribution in [3.05, 3.63) is 35.9 Å². The van der Waals surface area contributed by atoms with Crippen molar-refractivity contribution >= 4 is 0 Å². The number of aliphatic hydroxyl groups is 1. The minimum Gasteiger partial charge on any atom is -0.396 e. The van der Waals surface area contributed by atoms with E-state index in [9.17, 15) is 0 Å². The van der Waals surface area contributed by atoms with Gasteiger partial charge in [0.05, 0.1) is 19.3 Å². The predicted octanol–water partition coefficient (Wildman–Crippen LogP) is 2.48. The molecule has 0 radical (unpaired) electrons. The number of hydrogen-bond acceptors (Lipinski definition) is 3. The quantitative estimate of drug-likeness (QED) is 0.772. The van der Waals surface area contributed by atoms with Crippen LogP contribution in [-0.2, 0) is 16.1 Å². The summed E-state index contributed by atoms with van der Waals surface area (Å²) < 4.78 is 11.1. The van der Waals surface area contributed by atoms with E-state index in [-0.39, 0.29) is 24.5 Å². The van der Waals surface area contributed by atoms with E-state index in [0.717, 1.165) is 0 Å². The van der Waals surface area contributed by atoms with Crippen molar-refractivity contribution in [2.24, 2.45) is 11.8 Å². The highest BCUT2D eigenvalue weighted by molar-refractivity contribution is 5.13. The lowest BCUT2D eigenvalue weighted by atomic mass is 9.94. The molecule has 0 unspecified atom stereocenters. The molecule has 0 spiro atoms. The maximum absolute atomic E-state index is 9.17. The van der Waals surface area contributed by atoms with Crippen LogP contribution in [-0.4, -0.2) is 31.5 Å². The zero-order chi connectivity index (χ0) is 13.4. The van der Waals surface area contributed by atoms with E-state index in [2.05, 4.69) is 19.1 Å². The van der Waals surface area contributed by atoms with E-state index in [0.29, 0.717) is 13.2 Å². The summed E-state index contributed by atoms with van der Waals surface area (Å²) in [6.45, 7) is 5.47. The van der Waals surface area contributed by atoms with E-state index in [1.54, 1.807) is 7.11 Å². The lowest BCUT2D eigenvalue weighted by molar-refractivity contribution is -0.0347. The zero-order valence-electron chi connectivity index (χ0n) is 11.5. The SMILES string of the molecule is CO[C@H]([C@H](C)CO)[C@@H](C)COCc1ccccc1. The van der Waals surface area contributed by atoms with E-state index >= 15 is 0 Å². The van der Waals surface area contributed by atoms with Crippen molar-refractivity contribution in [1.82, 2.24) is 0 Å². The zero-order valence-corrected chi connectivity index (χ0v) is 11.5. The third-order valence-electron chi connectivity index (χ3n) is 3.17. The molecule has 3 nitrogen and oxygen atoms in total. The first-order valence-corrected chi connectivity index (χ1v) is 6.44. The van der Waals surface area contributed by atoms with Crippen molar-refractivity contribution in [2.75, 3.05) is 20.3 Å². The molecule has 102 valence electrons. The van der Waals surface area contributed by atoms with Crippen LogP contribution in [0.1, 0.15) is 19.4 Å². The summed E-state index contributed by atoms with van der Waals surface area (Å²) in [7, 11) is 1.69. The highest BCUT2D eigenvalue weighted by Crippen LogP contribution is 2.17. The second kappa shape index (κ2) is 8.25. The Hall–Kier alpha value is -0.900. The molecule has 1 rings (SSSR count). The Morgan fingerprint density at radius 3 is 2.33 bits per heavy atom. The van der Waals surface area contributed by atoms with Gasteiger partial charge in [0.2, 0.25) is 0 Å². The summed E-state index contributed by atoms with van der Waals surface area (Å²) in [6, 6.07) is 10.1. The normalized spacial score (nSPS) is 16.2. The molecule has 1 aromatic carbocycles. The average Bonchev–Trinajstić information content (AvgIpc) is 2.40. The van der Waals surface area contributed by atoms with Gasteiger partial charge in [0.1, 0.15) is 0 Å². The third kappa shape index (κ3) is 4.77. The summed E-state index contributed by atoms with van der Waals surface area (Å²) in [5.41, 5.74) is 1.17. The van der Waals surface area contributed by atoms with Gasteiger partial charge in [-0.2, -0.15) is 0 Å². The van der Waals surface area contributed by atoms with Crippen LogP contribution >= 0.6 is 0 Å². The van der Waals surface area contributed by atoms with Gasteiger partial charge in [0.25, 0.3) is 0 Å². The molecule has 0 aliphatic heterocycles. The summed E-state index contributed by atoms with van der Waals surface area (Å²) >= 11 is 0. The van der Waals surface area contributed by atoms with Crippen LogP contribution in [0.2, 0.25) is 0 Å². The van der Waals surface area contributed by atoms with Crippen LogP contribution in [0.3, 0.4) is 0 Å². The summed E-state index contributed by atoms with van der Waals surface area (Å²) in [5, 5.41) is 9.17. The minimum atomic E-state index is 0.0331. The fraction of sp³-hybridized carbons (Fsp3) is 0.600. The molecule has 3 heteroatoms. The van der Waals surface area contributed by atoms with Crippen LogP contribution in [0.25, 0.3) is 0 Å². The van der Waals surface area contributed by atoms with E-state index in [1.165, 1.54) is 5.56 Å². The highest BCUT2D eigenvalue weighted by Gasteiger charge is 2.22. The van der Waals surface area contributed by atoms with Gasteiger partial charge >= 0.3 is 0 Å². The molecule has 0 heterocycles. The third-order valence-corrected chi connectivity index (χ3v) is 3.17. The second-order valence-corrected chi connectivity index (χ2v) is 4.84. The molecule has 0 fully saturated rings. The van der Waals surface area contributed by atoms with Gasteiger partial charge in [0, 0.05) is 25.6 Å². The number of hydrogen-bond donors (Lipinski definition) is 1. The molecule has 18 heavy (non-hydrogen) atoms. The standard InChI is InChI=1S/C15H24O3/c1-12(9-16)15(17-3)13(2)10-18-11-14-7-5-4-6-8-14/h4-8,12-13,15-16H,9-11H2,1-3H3/t12-,13+,15-/m1/s1. The van der Waals surface area contributed by atoms with E-state index < -0.39 is 0 Å². The largest absolute Gasteiger partial charge is 0.396 e. The first-order valence-electron chi connectivity index (χ1n) is 6.44. The monoisotopic (exact) mass is 252 g/mol. The molecule has 1 aromatic rings. The second-order valence-electron chi connectivity index (χ2n) is 4.84. The Morgan fingerprint density at radius 2 is 1.78 bits per heavy atom. The van der Waals surface area contributed by atoms with Crippen molar-refractivity contribution in [3.63, 3.8) is 0 Å². The Labute approximate surface area is 110 Å². The molecule has 0 aromatic heterocycles. The fourth-order valence-corrected chi connectivity index (χ4v) is 2.16. The Morgan fingerprint density at radius 1 is 1.11 bits per heavy atom. The molecule has 0 saturated carbocycles. The van der Waals surface area contributed by atoms with Gasteiger partial charge < -0.3 is 14.6 Å². The van der Waals surface area contributed by atoms with Gasteiger partial charge in [-0.25, -0.2) is 0 Å². The number of methoxy groups -OCH3 is 1. The van der Waals surface area contributed by atoms with Crippen molar-refractivity contribution in [1.29, 1.82) is 0 Å². The highest BCUT2D eigenvalue weighted by atomic mass is 16.5. The molecule has 0 aliphatic rings. The number of rotatable bonds is 8. The fourth-order valence-electron chi connectivity index (χ4n) is 2.16. The van der Waals surface area contributed by atoms with Gasteiger partial charge in [-0.15, -0.1) is 0 Å². The summed E-state index contributed by atoms with van der Waals surface area (Å²) in [5.74, 6) is 0.395. The van der Waals surface area contributed by atoms with Gasteiger partial charge in [-0.3, -0.25) is 0 Å². The minimum absolute atomic E-state index is 0.0331. The smallest absolute Gasteiger partial charge is 0.0717 e. The molecule has 1 N–H and O–H groups in total. The number of ether oxygens (including phenoxy) is 2. The lowest BCUT2D eigenvalue weighted by Gasteiger charge is -2.27. The molecule has 0 aliphatic carbocycles. The topological polar surface area (TPSA) is 38.7 Å². The van der Waals surface area contributed by atoms with Crippen LogP contribution < -0.4 is 0 Å². The number of benzene rings is 1. The van der Waals surface area contributed by atoms with Crippen LogP contribution in [0.4, 0.5) is 0 Å². The van der Waals surface area contributed by atoms with E-state index in [1.807, 2.05) is 25.1 Å². The van der Waals surface area contributed by atoms with Crippen LogP contribution in [0.15, 0.2) is 30.3 Å². The van der Waals surface area contributed by atoms with Crippen molar-refractivity contribution in [2.45, 2.75) is 26.6 Å². The Bertz CT molecular complexity index is 313. The molecular weight excluding hydrogens is 228 g/mol. The molecule has 0 bridgehead atoms. The van der Waals surface area contributed by atoms with Crippen molar-refractivity contribution in [3.8, 4) is 0 Å². The predicted molar refractivity (Wildman–Crippen MR) is 72.3 cm³/mol. The molecule has 3 atom stereocenters. The first-order chi connectivity index (χ1) is 8.69. The van der Waals surface area contributed by atoms with Crippen molar-refractivity contribution < 1.29 is 14.6 Å². The van der Waals surface area contributed by atoms with Gasteiger partial charge in [0.15, 0.2) is 0 Å². The molecule has 0 saturated heterocycles. The van der Waals surface area contributed by atoms with E-state index in [4.69, 9.17) is 14.6 Å². The summed E-state index contributed by atoms with van der Waals surface area (Å²) in [6.07, 6.45) is 0.0331. The first kappa shape index (κ1) is 15.2. The van der Waals surface area contributed by atoms with Gasteiger partial charge in [-0.05, 0) is 5.56 Å². The Balaban J connectivity index is 2.33. The van der Waals surface area contributed by atoms with Crippen LogP contribution in [0, 0.1) is 11.8 Å². The average molecular weight is 252 g/mol. The van der Waals surface area contributed by atoms with Crippen LogP contribution in [0.5, 0.6) is 0 Å². The molecular formula is C15H24O3. The van der Waals surface area contributed by atoms with Gasteiger partial charge in [-0.1, -0.05) is 44.2 Å². The maximum Gasteiger partial charge on any atom is 0.0717 e. The summed E-state index contributed by atoms with van der Waals surface area (Å²) in [4.78, 5) is 0. The lowest BCUT2D eigenvalue weighted by Crippen LogP contribution is -2.32.